The maximum absolute atomic E-state index is 5.75. The molecule has 8 heteroatoms. The van der Waals surface area contributed by atoms with Gasteiger partial charge in [-0.1, -0.05) is 25.6 Å². The SMILES string of the molecule is CC(C)Sc1nnc(Sc2nccnc2N)n1C. The van der Waals surface area contributed by atoms with Gasteiger partial charge in [0.05, 0.1) is 0 Å². The van der Waals surface area contributed by atoms with Gasteiger partial charge in [-0.15, -0.1) is 10.2 Å². The number of rotatable bonds is 4. The monoisotopic (exact) mass is 282 g/mol. The molecule has 0 aromatic carbocycles. The molecule has 2 rings (SSSR count). The van der Waals surface area contributed by atoms with E-state index in [1.165, 1.54) is 11.8 Å². The highest BCUT2D eigenvalue weighted by molar-refractivity contribution is 8.00. The van der Waals surface area contributed by atoms with E-state index in [9.17, 15) is 0 Å². The average Bonchev–Trinajstić information content (AvgIpc) is 2.64. The lowest BCUT2D eigenvalue weighted by Crippen LogP contribution is -1.98. The summed E-state index contributed by atoms with van der Waals surface area (Å²) in [5, 5.41) is 11.0. The van der Waals surface area contributed by atoms with Crippen LogP contribution in [-0.2, 0) is 7.05 Å². The van der Waals surface area contributed by atoms with Crippen molar-refractivity contribution in [3.8, 4) is 0 Å². The molecule has 2 aromatic rings. The van der Waals surface area contributed by atoms with Crippen LogP contribution in [0, 0.1) is 0 Å². The van der Waals surface area contributed by atoms with Gasteiger partial charge in [0.15, 0.2) is 16.1 Å². The van der Waals surface area contributed by atoms with E-state index in [0.29, 0.717) is 16.1 Å². The first-order valence-corrected chi connectivity index (χ1v) is 7.08. The van der Waals surface area contributed by atoms with Gasteiger partial charge < -0.3 is 5.73 Å². The van der Waals surface area contributed by atoms with Crippen LogP contribution in [-0.4, -0.2) is 30.0 Å². The summed E-state index contributed by atoms with van der Waals surface area (Å²) in [6.07, 6.45) is 3.18. The normalized spacial score (nSPS) is 11.1. The summed E-state index contributed by atoms with van der Waals surface area (Å²) in [7, 11) is 1.93. The van der Waals surface area contributed by atoms with Gasteiger partial charge in [-0.05, 0) is 11.8 Å². The first kappa shape index (κ1) is 13.2. The number of aromatic nitrogens is 5. The predicted molar refractivity (Wildman–Crippen MR) is 72.6 cm³/mol. The Hall–Kier alpha value is -1.28. The third-order valence-electron chi connectivity index (χ3n) is 2.02. The molecule has 0 unspecified atom stereocenters. The molecule has 0 spiro atoms. The summed E-state index contributed by atoms with van der Waals surface area (Å²) in [5.41, 5.74) is 5.75. The van der Waals surface area contributed by atoms with Gasteiger partial charge in [0, 0.05) is 24.7 Å². The fourth-order valence-corrected chi connectivity index (χ4v) is 2.77. The highest BCUT2D eigenvalue weighted by Crippen LogP contribution is 2.30. The molecular weight excluding hydrogens is 268 g/mol. The lowest BCUT2D eigenvalue weighted by atomic mass is 10.6. The predicted octanol–water partition coefficient (Wildman–Crippen LogP) is 1.84. The number of nitrogens with zero attached hydrogens (tertiary/aromatic N) is 5. The van der Waals surface area contributed by atoms with E-state index in [-0.39, 0.29) is 0 Å². The molecule has 6 nitrogen and oxygen atoms in total. The van der Waals surface area contributed by atoms with Crippen LogP contribution >= 0.6 is 23.5 Å². The molecule has 2 heterocycles. The molecule has 0 aliphatic rings. The molecule has 0 bridgehead atoms. The maximum atomic E-state index is 5.75. The molecule has 2 aromatic heterocycles. The molecular formula is C10H14N6S2. The second-order valence-electron chi connectivity index (χ2n) is 3.84. The molecule has 18 heavy (non-hydrogen) atoms. The fraction of sp³-hybridized carbons (Fsp3) is 0.400. The van der Waals surface area contributed by atoms with E-state index in [0.717, 1.165) is 10.3 Å². The van der Waals surface area contributed by atoms with Gasteiger partial charge in [-0.3, -0.25) is 4.57 Å². The molecule has 0 saturated carbocycles. The Morgan fingerprint density at radius 3 is 2.50 bits per heavy atom. The zero-order valence-electron chi connectivity index (χ0n) is 10.4. The Balaban J connectivity index is 2.20. The van der Waals surface area contributed by atoms with E-state index in [4.69, 9.17) is 5.73 Å². The molecule has 0 saturated heterocycles. The summed E-state index contributed by atoms with van der Waals surface area (Å²) in [6.45, 7) is 4.24. The van der Waals surface area contributed by atoms with E-state index in [2.05, 4.69) is 34.0 Å². The smallest absolute Gasteiger partial charge is 0.198 e. The van der Waals surface area contributed by atoms with Crippen LogP contribution in [0.1, 0.15) is 13.8 Å². The molecule has 0 radical (unpaired) electrons. The average molecular weight is 282 g/mol. The first-order chi connectivity index (χ1) is 8.58. The quantitative estimate of drug-likeness (QED) is 0.857. The van der Waals surface area contributed by atoms with E-state index >= 15 is 0 Å². The highest BCUT2D eigenvalue weighted by atomic mass is 32.2. The summed E-state index contributed by atoms with van der Waals surface area (Å²) in [5.74, 6) is 0.406. The fourth-order valence-electron chi connectivity index (χ4n) is 1.20. The van der Waals surface area contributed by atoms with Crippen molar-refractivity contribution in [2.75, 3.05) is 5.73 Å². The topological polar surface area (TPSA) is 82.5 Å². The van der Waals surface area contributed by atoms with Crippen LogP contribution in [0.3, 0.4) is 0 Å². The molecule has 2 N–H and O–H groups in total. The lowest BCUT2D eigenvalue weighted by molar-refractivity contribution is 0.720. The van der Waals surface area contributed by atoms with Crippen LogP contribution in [0.4, 0.5) is 5.82 Å². The number of hydrogen-bond donors (Lipinski definition) is 1. The Morgan fingerprint density at radius 1 is 1.17 bits per heavy atom. The van der Waals surface area contributed by atoms with Crippen molar-refractivity contribution in [2.45, 2.75) is 34.4 Å². The third-order valence-corrected chi connectivity index (χ3v) is 4.10. The standard InChI is InChI=1S/C10H14N6S2/c1-6(2)17-9-14-15-10(16(9)3)18-8-7(11)12-4-5-13-8/h4-6H,1-3H3,(H2,11,12). The Bertz CT molecular complexity index is 539. The molecule has 0 atom stereocenters. The minimum atomic E-state index is 0.406. The third kappa shape index (κ3) is 2.94. The van der Waals surface area contributed by atoms with Crippen LogP contribution in [0.25, 0.3) is 0 Å². The van der Waals surface area contributed by atoms with Crippen LogP contribution in [0.5, 0.6) is 0 Å². The highest BCUT2D eigenvalue weighted by Gasteiger charge is 2.14. The second-order valence-corrected chi connectivity index (χ2v) is 6.34. The van der Waals surface area contributed by atoms with Crippen molar-refractivity contribution >= 4 is 29.3 Å². The van der Waals surface area contributed by atoms with Crippen molar-refractivity contribution in [2.24, 2.45) is 7.05 Å². The largest absolute Gasteiger partial charge is 0.381 e. The number of hydrogen-bond acceptors (Lipinski definition) is 7. The zero-order valence-corrected chi connectivity index (χ0v) is 12.0. The van der Waals surface area contributed by atoms with Gasteiger partial charge in [-0.2, -0.15) is 0 Å². The van der Waals surface area contributed by atoms with E-state index < -0.39 is 0 Å². The Labute approximate surface area is 114 Å². The van der Waals surface area contributed by atoms with Gasteiger partial charge in [0.25, 0.3) is 0 Å². The van der Waals surface area contributed by atoms with Gasteiger partial charge >= 0.3 is 0 Å². The number of anilines is 1. The second kappa shape index (κ2) is 5.57. The summed E-state index contributed by atoms with van der Waals surface area (Å²) < 4.78 is 1.93. The number of thioether (sulfide) groups is 1. The number of nitrogen functional groups attached to an aromatic ring is 1. The van der Waals surface area contributed by atoms with Gasteiger partial charge in [-0.25, -0.2) is 9.97 Å². The molecule has 96 valence electrons. The van der Waals surface area contributed by atoms with Crippen molar-refractivity contribution in [1.82, 2.24) is 24.7 Å². The summed E-state index contributed by atoms with van der Waals surface area (Å²) in [4.78, 5) is 8.16. The van der Waals surface area contributed by atoms with Crippen molar-refractivity contribution in [3.63, 3.8) is 0 Å². The van der Waals surface area contributed by atoms with Crippen molar-refractivity contribution < 1.29 is 0 Å². The van der Waals surface area contributed by atoms with Crippen LogP contribution in [0.2, 0.25) is 0 Å². The number of nitrogens with two attached hydrogens (primary N) is 1. The molecule has 0 aliphatic carbocycles. The Morgan fingerprint density at radius 2 is 1.83 bits per heavy atom. The van der Waals surface area contributed by atoms with Crippen molar-refractivity contribution in [1.29, 1.82) is 0 Å². The zero-order chi connectivity index (χ0) is 13.1. The van der Waals surface area contributed by atoms with Gasteiger partial charge in [0.2, 0.25) is 0 Å². The van der Waals surface area contributed by atoms with E-state index in [1.54, 1.807) is 24.2 Å². The minimum Gasteiger partial charge on any atom is -0.381 e. The van der Waals surface area contributed by atoms with Gasteiger partial charge in [0.1, 0.15) is 5.03 Å². The van der Waals surface area contributed by atoms with Crippen LogP contribution in [0.15, 0.2) is 27.7 Å². The summed E-state index contributed by atoms with van der Waals surface area (Å²) >= 11 is 3.04. The lowest BCUT2D eigenvalue weighted by Gasteiger charge is -2.05. The molecule has 0 amide bonds. The first-order valence-electron chi connectivity index (χ1n) is 5.38. The van der Waals surface area contributed by atoms with Crippen molar-refractivity contribution in [3.05, 3.63) is 12.4 Å². The molecule has 0 fully saturated rings. The maximum Gasteiger partial charge on any atom is 0.198 e. The molecule has 0 aliphatic heterocycles. The minimum absolute atomic E-state index is 0.406. The Kier molecular flexibility index (Phi) is 4.07. The van der Waals surface area contributed by atoms with Crippen LogP contribution < -0.4 is 5.73 Å². The summed E-state index contributed by atoms with van der Waals surface area (Å²) in [6, 6.07) is 0. The van der Waals surface area contributed by atoms with E-state index in [1.807, 2.05) is 11.6 Å².